The van der Waals surface area contributed by atoms with Crippen LogP contribution in [0.15, 0.2) is 36.4 Å². The molecule has 0 aliphatic rings. The molecule has 1 aromatic rings. The average molecular weight is 233 g/mol. The first-order chi connectivity index (χ1) is 8.36. The largest absolute Gasteiger partial charge is 0.373 e. The van der Waals surface area contributed by atoms with Gasteiger partial charge in [-0.1, -0.05) is 43.3 Å². The first-order valence-electron chi connectivity index (χ1n) is 6.34. The van der Waals surface area contributed by atoms with E-state index in [0.29, 0.717) is 13.2 Å². The van der Waals surface area contributed by atoms with Crippen molar-refractivity contribution < 1.29 is 4.74 Å². The Morgan fingerprint density at radius 2 is 1.88 bits per heavy atom. The lowest BCUT2D eigenvalue weighted by molar-refractivity contribution is 0.148. The second-order valence-electron chi connectivity index (χ2n) is 4.08. The van der Waals surface area contributed by atoms with Gasteiger partial charge in [-0.2, -0.15) is 0 Å². The third-order valence-corrected chi connectivity index (χ3v) is 2.50. The van der Waals surface area contributed by atoms with Crippen LogP contribution in [0.2, 0.25) is 0 Å². The van der Waals surface area contributed by atoms with Gasteiger partial charge in [-0.3, -0.25) is 0 Å². The van der Waals surface area contributed by atoms with Gasteiger partial charge in [-0.05, 0) is 31.0 Å². The van der Waals surface area contributed by atoms with E-state index in [1.807, 2.05) is 19.1 Å². The number of allylic oxidation sites excluding steroid dienone is 1. The molecule has 0 amide bonds. The molecular weight excluding hydrogens is 210 g/mol. The molecule has 1 aromatic carbocycles. The summed E-state index contributed by atoms with van der Waals surface area (Å²) in [5.74, 6) is 0. The lowest BCUT2D eigenvalue weighted by Crippen LogP contribution is -2.13. The molecule has 0 aliphatic carbocycles. The zero-order valence-electron chi connectivity index (χ0n) is 10.9. The fourth-order valence-electron chi connectivity index (χ4n) is 1.50. The summed E-state index contributed by atoms with van der Waals surface area (Å²) >= 11 is 0. The van der Waals surface area contributed by atoms with Crippen molar-refractivity contribution in [1.82, 2.24) is 5.32 Å². The molecule has 0 spiro atoms. The van der Waals surface area contributed by atoms with Gasteiger partial charge in [-0.25, -0.2) is 0 Å². The summed E-state index contributed by atoms with van der Waals surface area (Å²) in [6, 6.07) is 8.60. The summed E-state index contributed by atoms with van der Waals surface area (Å²) in [5.41, 5.74) is 2.56. The van der Waals surface area contributed by atoms with Gasteiger partial charge in [0.2, 0.25) is 0 Å². The summed E-state index contributed by atoms with van der Waals surface area (Å²) < 4.78 is 5.50. The van der Waals surface area contributed by atoms with Gasteiger partial charge in [-0.15, -0.1) is 0 Å². The van der Waals surface area contributed by atoms with Crippen molar-refractivity contribution >= 4 is 0 Å². The first-order valence-corrected chi connectivity index (χ1v) is 6.34. The normalized spacial score (nSPS) is 11.2. The van der Waals surface area contributed by atoms with Crippen LogP contribution in [-0.4, -0.2) is 13.2 Å². The summed E-state index contributed by atoms with van der Waals surface area (Å²) in [5, 5.41) is 3.39. The van der Waals surface area contributed by atoms with E-state index in [9.17, 15) is 0 Å². The predicted molar refractivity (Wildman–Crippen MR) is 72.9 cm³/mol. The van der Waals surface area contributed by atoms with Crippen molar-refractivity contribution in [3.05, 3.63) is 47.5 Å². The lowest BCUT2D eigenvalue weighted by atomic mass is 10.1. The molecule has 0 saturated heterocycles. The highest BCUT2D eigenvalue weighted by molar-refractivity contribution is 5.21. The van der Waals surface area contributed by atoms with Crippen LogP contribution in [0.4, 0.5) is 0 Å². The quantitative estimate of drug-likeness (QED) is 0.549. The number of hydrogen-bond donors (Lipinski definition) is 1. The molecule has 94 valence electrons. The van der Waals surface area contributed by atoms with Crippen LogP contribution in [-0.2, 0) is 17.9 Å². The van der Waals surface area contributed by atoms with Gasteiger partial charge in [0.15, 0.2) is 0 Å². The van der Waals surface area contributed by atoms with E-state index < -0.39 is 0 Å². The van der Waals surface area contributed by atoms with Crippen LogP contribution in [0.3, 0.4) is 0 Å². The average Bonchev–Trinajstić information content (AvgIpc) is 2.37. The summed E-state index contributed by atoms with van der Waals surface area (Å²) in [6.45, 7) is 7.59. The van der Waals surface area contributed by atoms with Gasteiger partial charge < -0.3 is 10.1 Å². The second kappa shape index (κ2) is 8.97. The fourth-order valence-corrected chi connectivity index (χ4v) is 1.50. The SMILES string of the molecule is C/C=C/COCc1ccc(CNCCC)cc1. The highest BCUT2D eigenvalue weighted by Gasteiger charge is 1.94. The molecule has 1 N–H and O–H groups in total. The second-order valence-corrected chi connectivity index (χ2v) is 4.08. The molecular formula is C15H23NO. The molecule has 17 heavy (non-hydrogen) atoms. The molecule has 0 aliphatic heterocycles. The Morgan fingerprint density at radius 1 is 1.18 bits per heavy atom. The number of benzene rings is 1. The van der Waals surface area contributed by atoms with Gasteiger partial charge in [0.05, 0.1) is 13.2 Å². The molecule has 0 aromatic heterocycles. The molecule has 2 nitrogen and oxygen atoms in total. The van der Waals surface area contributed by atoms with Crippen molar-refractivity contribution in [2.45, 2.75) is 33.4 Å². The van der Waals surface area contributed by atoms with Crippen molar-refractivity contribution in [2.75, 3.05) is 13.2 Å². The zero-order chi connectivity index (χ0) is 12.3. The summed E-state index contributed by atoms with van der Waals surface area (Å²) in [6.07, 6.45) is 5.20. The molecule has 0 heterocycles. The van der Waals surface area contributed by atoms with Gasteiger partial charge in [0.1, 0.15) is 0 Å². The van der Waals surface area contributed by atoms with Gasteiger partial charge in [0, 0.05) is 6.54 Å². The maximum Gasteiger partial charge on any atom is 0.0721 e. The minimum Gasteiger partial charge on any atom is -0.373 e. The van der Waals surface area contributed by atoms with Crippen molar-refractivity contribution in [1.29, 1.82) is 0 Å². The Bertz CT molecular complexity index is 316. The van der Waals surface area contributed by atoms with E-state index in [0.717, 1.165) is 13.1 Å². The molecule has 0 saturated carbocycles. The number of rotatable bonds is 8. The Hall–Kier alpha value is -1.12. The smallest absolute Gasteiger partial charge is 0.0721 e. The van der Waals surface area contributed by atoms with Crippen LogP contribution in [0.1, 0.15) is 31.4 Å². The van der Waals surface area contributed by atoms with E-state index in [4.69, 9.17) is 4.74 Å². The minimum atomic E-state index is 0.688. The van der Waals surface area contributed by atoms with Crippen molar-refractivity contribution in [3.63, 3.8) is 0 Å². The van der Waals surface area contributed by atoms with Crippen LogP contribution < -0.4 is 5.32 Å². The van der Waals surface area contributed by atoms with Crippen LogP contribution in [0, 0.1) is 0 Å². The van der Waals surface area contributed by atoms with E-state index >= 15 is 0 Å². The zero-order valence-corrected chi connectivity index (χ0v) is 10.9. The lowest BCUT2D eigenvalue weighted by Gasteiger charge is -2.05. The summed E-state index contributed by atoms with van der Waals surface area (Å²) in [7, 11) is 0. The number of ether oxygens (including phenoxy) is 1. The molecule has 2 heteroatoms. The molecule has 0 atom stereocenters. The van der Waals surface area contributed by atoms with E-state index in [-0.39, 0.29) is 0 Å². The minimum absolute atomic E-state index is 0.688. The van der Waals surface area contributed by atoms with Crippen LogP contribution in [0.25, 0.3) is 0 Å². The molecule has 0 radical (unpaired) electrons. The van der Waals surface area contributed by atoms with E-state index in [1.54, 1.807) is 0 Å². The Balaban J connectivity index is 2.29. The van der Waals surface area contributed by atoms with Crippen molar-refractivity contribution in [2.24, 2.45) is 0 Å². The Kier molecular flexibility index (Phi) is 7.35. The van der Waals surface area contributed by atoms with Gasteiger partial charge >= 0.3 is 0 Å². The molecule has 0 fully saturated rings. The highest BCUT2D eigenvalue weighted by Crippen LogP contribution is 2.05. The van der Waals surface area contributed by atoms with Crippen molar-refractivity contribution in [3.8, 4) is 0 Å². The van der Waals surface area contributed by atoms with Crippen LogP contribution in [0.5, 0.6) is 0 Å². The third-order valence-electron chi connectivity index (χ3n) is 2.50. The van der Waals surface area contributed by atoms with Gasteiger partial charge in [0.25, 0.3) is 0 Å². The third kappa shape index (κ3) is 6.25. The maximum absolute atomic E-state index is 5.50. The molecule has 0 bridgehead atoms. The first kappa shape index (κ1) is 13.9. The predicted octanol–water partition coefficient (Wildman–Crippen LogP) is 3.28. The standard InChI is InChI=1S/C15H23NO/c1-3-5-11-17-13-15-8-6-14(7-9-15)12-16-10-4-2/h3,5-9,16H,4,10-13H2,1-2H3/b5-3+. The Morgan fingerprint density at radius 3 is 2.53 bits per heavy atom. The monoisotopic (exact) mass is 233 g/mol. The Labute approximate surface area is 105 Å². The highest BCUT2D eigenvalue weighted by atomic mass is 16.5. The molecule has 1 rings (SSSR count). The number of nitrogens with one attached hydrogen (secondary N) is 1. The van der Waals surface area contributed by atoms with E-state index in [2.05, 4.69) is 36.5 Å². The van der Waals surface area contributed by atoms with Crippen LogP contribution >= 0.6 is 0 Å². The molecule has 0 unspecified atom stereocenters. The maximum atomic E-state index is 5.50. The fraction of sp³-hybridized carbons (Fsp3) is 0.467. The number of hydrogen-bond acceptors (Lipinski definition) is 2. The summed E-state index contributed by atoms with van der Waals surface area (Å²) in [4.78, 5) is 0. The topological polar surface area (TPSA) is 21.3 Å². The van der Waals surface area contributed by atoms with E-state index in [1.165, 1.54) is 17.5 Å².